The molecular formula is C15H11ClN4. The Morgan fingerprint density at radius 3 is 2.90 bits per heavy atom. The number of nitrogens with one attached hydrogen (secondary N) is 1. The van der Waals surface area contributed by atoms with Crippen LogP contribution < -0.4 is 5.32 Å². The van der Waals surface area contributed by atoms with Gasteiger partial charge in [0.1, 0.15) is 10.9 Å². The number of rotatable bonds is 1. The molecule has 5 heteroatoms. The number of anilines is 1. The highest BCUT2D eigenvalue weighted by Crippen LogP contribution is 2.25. The van der Waals surface area contributed by atoms with Crippen LogP contribution in [-0.2, 0) is 13.1 Å². The van der Waals surface area contributed by atoms with E-state index in [4.69, 9.17) is 11.6 Å². The summed E-state index contributed by atoms with van der Waals surface area (Å²) in [7, 11) is 0. The fourth-order valence-electron chi connectivity index (χ4n) is 2.48. The van der Waals surface area contributed by atoms with E-state index in [1.165, 1.54) is 0 Å². The first-order chi connectivity index (χ1) is 9.81. The molecule has 2 aliphatic heterocycles. The van der Waals surface area contributed by atoms with Crippen molar-refractivity contribution < 1.29 is 0 Å². The summed E-state index contributed by atoms with van der Waals surface area (Å²) in [5.41, 5.74) is 5.18. The van der Waals surface area contributed by atoms with Gasteiger partial charge in [-0.3, -0.25) is 15.0 Å². The van der Waals surface area contributed by atoms with Gasteiger partial charge in [-0.2, -0.15) is 0 Å². The number of pyridine rings is 1. The molecule has 98 valence electrons. The van der Waals surface area contributed by atoms with Crippen molar-refractivity contribution in [3.8, 4) is 0 Å². The zero-order valence-corrected chi connectivity index (χ0v) is 11.4. The van der Waals surface area contributed by atoms with Crippen molar-refractivity contribution in [3.63, 3.8) is 0 Å². The zero-order valence-electron chi connectivity index (χ0n) is 10.6. The first kappa shape index (κ1) is 11.6. The highest BCUT2D eigenvalue weighted by molar-refractivity contribution is 6.70. The van der Waals surface area contributed by atoms with Crippen molar-refractivity contribution in [2.45, 2.75) is 13.1 Å². The molecule has 3 heterocycles. The number of halogens is 1. The van der Waals surface area contributed by atoms with E-state index in [9.17, 15) is 0 Å². The number of nitrogens with zero attached hydrogens (tertiary/aromatic N) is 3. The van der Waals surface area contributed by atoms with E-state index in [1.54, 1.807) is 6.20 Å². The SMILES string of the molecule is ClC1=NCc2ccc(NC3=NCc4cccnc43)cc21. The molecule has 2 aromatic rings. The minimum absolute atomic E-state index is 0.579. The van der Waals surface area contributed by atoms with Crippen molar-refractivity contribution in [1.29, 1.82) is 0 Å². The van der Waals surface area contributed by atoms with E-state index in [2.05, 4.69) is 20.3 Å². The van der Waals surface area contributed by atoms with Crippen LogP contribution in [0.2, 0.25) is 0 Å². The third kappa shape index (κ3) is 1.80. The first-order valence-corrected chi connectivity index (χ1v) is 6.78. The van der Waals surface area contributed by atoms with Crippen LogP contribution in [0.1, 0.15) is 22.4 Å². The second-order valence-corrected chi connectivity index (χ2v) is 5.14. The third-order valence-electron chi connectivity index (χ3n) is 3.51. The Morgan fingerprint density at radius 1 is 1.05 bits per heavy atom. The van der Waals surface area contributed by atoms with Crippen molar-refractivity contribution in [3.05, 3.63) is 58.9 Å². The number of aromatic nitrogens is 1. The Bertz CT molecular complexity index is 764. The lowest BCUT2D eigenvalue weighted by Gasteiger charge is -2.08. The molecule has 0 unspecified atom stereocenters. The van der Waals surface area contributed by atoms with Crippen LogP contribution >= 0.6 is 11.6 Å². The Balaban J connectivity index is 1.65. The number of aliphatic imine (C=N–C) groups is 2. The topological polar surface area (TPSA) is 49.6 Å². The van der Waals surface area contributed by atoms with Crippen molar-refractivity contribution in [2.24, 2.45) is 9.98 Å². The summed E-state index contributed by atoms with van der Waals surface area (Å²) in [6.45, 7) is 1.35. The lowest BCUT2D eigenvalue weighted by Crippen LogP contribution is -2.13. The number of amidine groups is 1. The van der Waals surface area contributed by atoms with Gasteiger partial charge in [-0.25, -0.2) is 0 Å². The summed E-state index contributed by atoms with van der Waals surface area (Å²) in [5, 5.41) is 3.90. The smallest absolute Gasteiger partial charge is 0.152 e. The number of hydrogen-bond acceptors (Lipinski definition) is 4. The van der Waals surface area contributed by atoms with Crippen molar-refractivity contribution in [1.82, 2.24) is 4.98 Å². The monoisotopic (exact) mass is 282 g/mol. The van der Waals surface area contributed by atoms with Crippen LogP contribution in [0.25, 0.3) is 0 Å². The molecule has 1 N–H and O–H groups in total. The molecule has 0 bridgehead atoms. The summed E-state index contributed by atoms with van der Waals surface area (Å²) in [6.07, 6.45) is 1.79. The third-order valence-corrected chi connectivity index (χ3v) is 3.83. The van der Waals surface area contributed by atoms with Crippen LogP contribution in [0.4, 0.5) is 5.69 Å². The average molecular weight is 283 g/mol. The molecule has 0 aliphatic carbocycles. The molecule has 0 amide bonds. The van der Waals surface area contributed by atoms with Crippen molar-refractivity contribution >= 4 is 28.3 Å². The number of fused-ring (bicyclic) bond motifs is 2. The highest BCUT2D eigenvalue weighted by Gasteiger charge is 2.18. The first-order valence-electron chi connectivity index (χ1n) is 6.40. The van der Waals surface area contributed by atoms with Crippen molar-refractivity contribution in [2.75, 3.05) is 5.32 Å². The molecule has 0 radical (unpaired) electrons. The van der Waals surface area contributed by atoms with Gasteiger partial charge < -0.3 is 5.32 Å². The Kier molecular flexibility index (Phi) is 2.57. The largest absolute Gasteiger partial charge is 0.339 e. The van der Waals surface area contributed by atoms with Gasteiger partial charge in [0, 0.05) is 23.0 Å². The maximum atomic E-state index is 6.09. The summed E-state index contributed by atoms with van der Waals surface area (Å²) < 4.78 is 0. The predicted octanol–water partition coefficient (Wildman–Crippen LogP) is 2.95. The normalized spacial score (nSPS) is 15.4. The Morgan fingerprint density at radius 2 is 1.95 bits per heavy atom. The molecule has 1 aromatic carbocycles. The number of hydrogen-bond donors (Lipinski definition) is 1. The second-order valence-electron chi connectivity index (χ2n) is 4.78. The van der Waals surface area contributed by atoms with E-state index < -0.39 is 0 Å². The summed E-state index contributed by atoms with van der Waals surface area (Å²) in [5.74, 6) is 0.812. The second kappa shape index (κ2) is 4.42. The van der Waals surface area contributed by atoms with Crippen LogP contribution in [0, 0.1) is 0 Å². The van der Waals surface area contributed by atoms with Gasteiger partial charge in [0.25, 0.3) is 0 Å². The summed E-state index contributed by atoms with van der Waals surface area (Å²) in [4.78, 5) is 13.1. The van der Waals surface area contributed by atoms with E-state index in [1.807, 2.05) is 30.3 Å². The molecule has 2 aliphatic rings. The standard InChI is InChI=1S/C15H11ClN4/c16-14-12-6-11(4-3-9(12)7-18-14)20-15-13-10(8-19-15)2-1-5-17-13/h1-6H,7-8H2,(H,19,20). The molecule has 0 spiro atoms. The Labute approximate surface area is 121 Å². The minimum atomic E-state index is 0.579. The van der Waals surface area contributed by atoms with Crippen LogP contribution in [0.3, 0.4) is 0 Å². The summed E-state index contributed by atoms with van der Waals surface area (Å²) >= 11 is 6.09. The fraction of sp³-hybridized carbons (Fsp3) is 0.133. The maximum Gasteiger partial charge on any atom is 0.152 e. The van der Waals surface area contributed by atoms with Gasteiger partial charge in [-0.1, -0.05) is 23.7 Å². The van der Waals surface area contributed by atoms with Gasteiger partial charge in [-0.05, 0) is 23.8 Å². The van der Waals surface area contributed by atoms with Gasteiger partial charge >= 0.3 is 0 Å². The fourth-order valence-corrected chi connectivity index (χ4v) is 2.71. The minimum Gasteiger partial charge on any atom is -0.339 e. The summed E-state index contributed by atoms with van der Waals surface area (Å²) in [6, 6.07) is 10.1. The van der Waals surface area contributed by atoms with Crippen LogP contribution in [0.5, 0.6) is 0 Å². The van der Waals surface area contributed by atoms with Gasteiger partial charge in [-0.15, -0.1) is 0 Å². The van der Waals surface area contributed by atoms with E-state index in [-0.39, 0.29) is 0 Å². The quantitative estimate of drug-likeness (QED) is 0.874. The van der Waals surface area contributed by atoms with Gasteiger partial charge in [0.2, 0.25) is 0 Å². The lowest BCUT2D eigenvalue weighted by molar-refractivity contribution is 1.09. The Hall–Kier alpha value is -2.20. The molecule has 0 saturated heterocycles. The van der Waals surface area contributed by atoms with E-state index in [0.29, 0.717) is 18.3 Å². The van der Waals surface area contributed by atoms with Crippen LogP contribution in [-0.4, -0.2) is 16.0 Å². The van der Waals surface area contributed by atoms with Gasteiger partial charge in [0.05, 0.1) is 13.1 Å². The number of benzene rings is 1. The predicted molar refractivity (Wildman–Crippen MR) is 80.6 cm³/mol. The van der Waals surface area contributed by atoms with E-state index >= 15 is 0 Å². The highest BCUT2D eigenvalue weighted by atomic mass is 35.5. The zero-order chi connectivity index (χ0) is 13.5. The molecule has 0 atom stereocenters. The van der Waals surface area contributed by atoms with E-state index in [0.717, 1.165) is 33.9 Å². The molecule has 1 aromatic heterocycles. The van der Waals surface area contributed by atoms with Crippen LogP contribution in [0.15, 0.2) is 46.5 Å². The molecular weight excluding hydrogens is 272 g/mol. The maximum absolute atomic E-state index is 6.09. The molecule has 20 heavy (non-hydrogen) atoms. The molecule has 0 saturated carbocycles. The molecule has 4 nitrogen and oxygen atoms in total. The van der Waals surface area contributed by atoms with Gasteiger partial charge in [0.15, 0.2) is 5.84 Å². The lowest BCUT2D eigenvalue weighted by atomic mass is 10.1. The molecule has 4 rings (SSSR count). The average Bonchev–Trinajstić information content (AvgIpc) is 3.05. The molecule has 0 fully saturated rings.